The average molecular weight is 406 g/mol. The standard InChI is InChI=1S/C20H22ClF2N5/c1-6-7-27(13(5)11(2)3)19-17(16-12(4)8-14(22)9-15(16)23)18(21)26-20-24-10-25-28(19)20/h6,8-11,13H,1,7H2,2-5H3/t13-/m1/s1. The Morgan fingerprint density at radius 2 is 1.96 bits per heavy atom. The first kappa shape index (κ1) is 20.2. The molecule has 28 heavy (non-hydrogen) atoms. The molecule has 0 saturated carbocycles. The Balaban J connectivity index is 2.43. The van der Waals surface area contributed by atoms with Crippen molar-refractivity contribution in [3.05, 3.63) is 53.5 Å². The highest BCUT2D eigenvalue weighted by Gasteiger charge is 2.28. The van der Waals surface area contributed by atoms with Crippen LogP contribution in [0.1, 0.15) is 26.3 Å². The second-order valence-electron chi connectivity index (χ2n) is 7.08. The highest BCUT2D eigenvalue weighted by Crippen LogP contribution is 2.40. The molecule has 5 nitrogen and oxygen atoms in total. The molecule has 0 bridgehead atoms. The van der Waals surface area contributed by atoms with Gasteiger partial charge in [0.25, 0.3) is 5.78 Å². The van der Waals surface area contributed by atoms with Gasteiger partial charge in [-0.15, -0.1) is 6.58 Å². The predicted molar refractivity (Wildman–Crippen MR) is 108 cm³/mol. The fraction of sp³-hybridized carbons (Fsp3) is 0.350. The van der Waals surface area contributed by atoms with E-state index in [-0.39, 0.29) is 22.7 Å². The molecule has 3 aromatic rings. The van der Waals surface area contributed by atoms with E-state index in [9.17, 15) is 8.78 Å². The fourth-order valence-electron chi connectivity index (χ4n) is 3.25. The summed E-state index contributed by atoms with van der Waals surface area (Å²) in [6.07, 6.45) is 3.12. The van der Waals surface area contributed by atoms with Gasteiger partial charge in [0.05, 0.1) is 5.56 Å². The van der Waals surface area contributed by atoms with Gasteiger partial charge >= 0.3 is 0 Å². The third-order valence-electron chi connectivity index (χ3n) is 4.91. The van der Waals surface area contributed by atoms with Crippen molar-refractivity contribution in [1.29, 1.82) is 0 Å². The molecule has 148 valence electrons. The topological polar surface area (TPSA) is 46.3 Å². The van der Waals surface area contributed by atoms with Gasteiger partial charge in [-0.3, -0.25) is 0 Å². The molecule has 1 atom stereocenters. The summed E-state index contributed by atoms with van der Waals surface area (Å²) < 4.78 is 30.1. The molecule has 0 aliphatic carbocycles. The van der Waals surface area contributed by atoms with Crippen LogP contribution in [0.2, 0.25) is 5.15 Å². The Kier molecular flexibility index (Phi) is 5.65. The number of halogens is 3. The van der Waals surface area contributed by atoms with Crippen LogP contribution in [-0.4, -0.2) is 32.2 Å². The van der Waals surface area contributed by atoms with Crippen molar-refractivity contribution in [2.45, 2.75) is 33.7 Å². The lowest BCUT2D eigenvalue weighted by Gasteiger charge is -2.34. The minimum absolute atomic E-state index is 0.0476. The Hall–Kier alpha value is -2.54. The van der Waals surface area contributed by atoms with Gasteiger partial charge in [-0.1, -0.05) is 31.5 Å². The van der Waals surface area contributed by atoms with E-state index in [1.165, 1.54) is 16.9 Å². The summed E-state index contributed by atoms with van der Waals surface area (Å²) in [5.41, 5.74) is 0.956. The van der Waals surface area contributed by atoms with E-state index in [1.54, 1.807) is 13.0 Å². The second-order valence-corrected chi connectivity index (χ2v) is 7.44. The molecule has 0 aliphatic heterocycles. The summed E-state index contributed by atoms with van der Waals surface area (Å²) >= 11 is 6.51. The molecule has 2 aromatic heterocycles. The minimum atomic E-state index is -0.710. The highest BCUT2D eigenvalue weighted by molar-refractivity contribution is 6.33. The lowest BCUT2D eigenvalue weighted by atomic mass is 9.99. The Morgan fingerprint density at radius 3 is 2.57 bits per heavy atom. The lowest BCUT2D eigenvalue weighted by Crippen LogP contribution is -2.39. The third-order valence-corrected chi connectivity index (χ3v) is 5.19. The van der Waals surface area contributed by atoms with Gasteiger partial charge in [0, 0.05) is 24.2 Å². The number of aryl methyl sites for hydroxylation is 1. The summed E-state index contributed by atoms with van der Waals surface area (Å²) in [7, 11) is 0. The summed E-state index contributed by atoms with van der Waals surface area (Å²) in [5.74, 6) is -0.240. The monoisotopic (exact) mass is 405 g/mol. The highest BCUT2D eigenvalue weighted by atomic mass is 35.5. The van der Waals surface area contributed by atoms with Crippen molar-refractivity contribution in [2.24, 2.45) is 5.92 Å². The minimum Gasteiger partial charge on any atom is -0.349 e. The zero-order chi connectivity index (χ0) is 20.6. The SMILES string of the molecule is C=CCN(c1c(-c2c(C)cc(F)cc2F)c(Cl)nc2ncnn12)[C@H](C)C(C)C. The van der Waals surface area contributed by atoms with Crippen molar-refractivity contribution in [3.63, 3.8) is 0 Å². The van der Waals surface area contributed by atoms with Crippen LogP contribution in [0.25, 0.3) is 16.9 Å². The van der Waals surface area contributed by atoms with Crippen molar-refractivity contribution < 1.29 is 8.78 Å². The van der Waals surface area contributed by atoms with E-state index in [4.69, 9.17) is 11.6 Å². The molecule has 0 N–H and O–H groups in total. The number of nitrogens with zero attached hydrogens (tertiary/aromatic N) is 5. The van der Waals surface area contributed by atoms with Crippen LogP contribution in [0.3, 0.4) is 0 Å². The van der Waals surface area contributed by atoms with Gasteiger partial charge in [0.15, 0.2) is 0 Å². The van der Waals surface area contributed by atoms with Gasteiger partial charge in [-0.05, 0) is 31.4 Å². The normalized spacial score (nSPS) is 12.6. The summed E-state index contributed by atoms with van der Waals surface area (Å²) in [6.45, 7) is 12.2. The zero-order valence-electron chi connectivity index (χ0n) is 16.2. The Labute approximate surface area is 167 Å². The van der Waals surface area contributed by atoms with Gasteiger partial charge in [0.2, 0.25) is 0 Å². The summed E-state index contributed by atoms with van der Waals surface area (Å²) in [4.78, 5) is 10.4. The number of hydrogen-bond donors (Lipinski definition) is 0. The van der Waals surface area contributed by atoms with Crippen molar-refractivity contribution in [1.82, 2.24) is 19.6 Å². The molecule has 0 radical (unpaired) electrons. The van der Waals surface area contributed by atoms with Crippen molar-refractivity contribution in [3.8, 4) is 11.1 Å². The number of benzene rings is 1. The largest absolute Gasteiger partial charge is 0.349 e. The number of anilines is 1. The molecule has 3 rings (SSSR count). The fourth-order valence-corrected chi connectivity index (χ4v) is 3.50. The molecular formula is C20H22ClF2N5. The molecule has 2 heterocycles. The summed E-state index contributed by atoms with van der Waals surface area (Å²) in [5, 5.41) is 4.36. The number of hydrogen-bond acceptors (Lipinski definition) is 4. The third kappa shape index (κ3) is 3.46. The Bertz CT molecular complexity index is 1010. The van der Waals surface area contributed by atoms with E-state index >= 15 is 0 Å². The van der Waals surface area contributed by atoms with E-state index in [2.05, 4.69) is 42.4 Å². The molecule has 0 unspecified atom stereocenters. The van der Waals surface area contributed by atoms with Gasteiger partial charge in [0.1, 0.15) is 28.9 Å². The van der Waals surface area contributed by atoms with Gasteiger partial charge in [-0.2, -0.15) is 19.6 Å². The maximum atomic E-state index is 14.9. The molecular weight excluding hydrogens is 384 g/mol. The van der Waals surface area contributed by atoms with Crippen LogP contribution in [0.15, 0.2) is 31.1 Å². The van der Waals surface area contributed by atoms with Gasteiger partial charge in [-0.25, -0.2) is 8.78 Å². The molecule has 0 spiro atoms. The van der Waals surface area contributed by atoms with Crippen LogP contribution >= 0.6 is 11.6 Å². The van der Waals surface area contributed by atoms with Crippen LogP contribution in [0.4, 0.5) is 14.6 Å². The number of rotatable bonds is 6. The summed E-state index contributed by atoms with van der Waals surface area (Å²) in [6, 6.07) is 2.16. The zero-order valence-corrected chi connectivity index (χ0v) is 17.0. The smallest absolute Gasteiger partial charge is 0.255 e. The molecule has 0 aliphatic rings. The quantitative estimate of drug-likeness (QED) is 0.424. The second kappa shape index (κ2) is 7.83. The molecule has 0 amide bonds. The maximum Gasteiger partial charge on any atom is 0.255 e. The van der Waals surface area contributed by atoms with Crippen molar-refractivity contribution >= 4 is 23.2 Å². The van der Waals surface area contributed by atoms with Crippen LogP contribution in [-0.2, 0) is 0 Å². The van der Waals surface area contributed by atoms with E-state index in [1.807, 2.05) is 4.90 Å². The average Bonchev–Trinajstić information content (AvgIpc) is 3.06. The first-order valence-corrected chi connectivity index (χ1v) is 9.36. The molecule has 0 fully saturated rings. The van der Waals surface area contributed by atoms with E-state index in [0.29, 0.717) is 29.3 Å². The molecule has 1 aromatic carbocycles. The van der Waals surface area contributed by atoms with E-state index < -0.39 is 11.6 Å². The van der Waals surface area contributed by atoms with Crippen LogP contribution in [0.5, 0.6) is 0 Å². The van der Waals surface area contributed by atoms with Crippen LogP contribution < -0.4 is 4.90 Å². The Morgan fingerprint density at radius 1 is 1.25 bits per heavy atom. The number of fused-ring (bicyclic) bond motifs is 1. The molecule has 0 saturated heterocycles. The lowest BCUT2D eigenvalue weighted by molar-refractivity contribution is 0.489. The maximum absolute atomic E-state index is 14.9. The number of aromatic nitrogens is 4. The molecule has 8 heteroatoms. The van der Waals surface area contributed by atoms with Gasteiger partial charge < -0.3 is 4.90 Å². The van der Waals surface area contributed by atoms with Crippen LogP contribution in [0, 0.1) is 24.5 Å². The predicted octanol–water partition coefficient (Wildman–Crippen LogP) is 5.07. The van der Waals surface area contributed by atoms with E-state index in [0.717, 1.165) is 6.07 Å². The van der Waals surface area contributed by atoms with Crippen molar-refractivity contribution in [2.75, 3.05) is 11.4 Å². The first-order valence-electron chi connectivity index (χ1n) is 8.99. The first-order chi connectivity index (χ1) is 13.3.